The molecule has 1 atom stereocenters. The Morgan fingerprint density at radius 2 is 1.93 bits per heavy atom. The first-order valence-corrected chi connectivity index (χ1v) is 10.9. The molecular formula is C21H37ClN4O3. The van der Waals surface area contributed by atoms with E-state index in [1.165, 1.54) is 0 Å². The highest BCUT2D eigenvalue weighted by atomic mass is 35.5. The molecule has 1 unspecified atom stereocenters. The molecule has 0 radical (unpaired) electrons. The van der Waals surface area contributed by atoms with Gasteiger partial charge in [0.15, 0.2) is 0 Å². The van der Waals surface area contributed by atoms with Crippen LogP contribution >= 0.6 is 12.4 Å². The van der Waals surface area contributed by atoms with E-state index in [0.717, 1.165) is 50.1 Å². The van der Waals surface area contributed by atoms with E-state index in [4.69, 9.17) is 0 Å². The summed E-state index contributed by atoms with van der Waals surface area (Å²) >= 11 is 0. The zero-order chi connectivity index (χ0) is 20.4. The van der Waals surface area contributed by atoms with E-state index in [-0.39, 0.29) is 36.2 Å². The van der Waals surface area contributed by atoms with Crippen molar-refractivity contribution in [2.45, 2.75) is 71.3 Å². The van der Waals surface area contributed by atoms with E-state index in [0.29, 0.717) is 31.2 Å². The Labute approximate surface area is 180 Å². The molecule has 0 aromatic heterocycles. The number of hydrogen-bond acceptors (Lipinski definition) is 4. The van der Waals surface area contributed by atoms with Crippen molar-refractivity contribution in [1.82, 2.24) is 20.9 Å². The molecule has 3 fully saturated rings. The molecule has 7 nitrogen and oxygen atoms in total. The Balaban J connectivity index is 0.00000300. The Bertz CT molecular complexity index is 611. The second kappa shape index (κ2) is 9.65. The van der Waals surface area contributed by atoms with E-state index in [1.54, 1.807) is 0 Å². The fourth-order valence-corrected chi connectivity index (χ4v) is 4.92. The smallest absolute Gasteiger partial charge is 0.325 e. The lowest BCUT2D eigenvalue weighted by Crippen LogP contribution is -2.51. The molecule has 0 bridgehead atoms. The van der Waals surface area contributed by atoms with Crippen LogP contribution in [0.25, 0.3) is 0 Å². The first kappa shape index (κ1) is 23.9. The summed E-state index contributed by atoms with van der Waals surface area (Å²) in [7, 11) is 0. The fourth-order valence-electron chi connectivity index (χ4n) is 4.92. The van der Waals surface area contributed by atoms with Crippen LogP contribution in [0.1, 0.15) is 65.7 Å². The summed E-state index contributed by atoms with van der Waals surface area (Å²) in [4.78, 5) is 38.8. The fraction of sp³-hybridized carbons (Fsp3) is 0.857. The van der Waals surface area contributed by atoms with Crippen LogP contribution in [-0.2, 0) is 9.59 Å². The molecule has 2 aliphatic heterocycles. The van der Waals surface area contributed by atoms with E-state index in [2.05, 4.69) is 36.7 Å². The summed E-state index contributed by atoms with van der Waals surface area (Å²) in [5, 5.41) is 9.09. The number of amides is 4. The van der Waals surface area contributed by atoms with E-state index >= 15 is 0 Å². The highest BCUT2D eigenvalue weighted by Gasteiger charge is 2.53. The van der Waals surface area contributed by atoms with Crippen LogP contribution in [0.2, 0.25) is 0 Å². The summed E-state index contributed by atoms with van der Waals surface area (Å²) in [5.74, 6) is 0.686. The summed E-state index contributed by atoms with van der Waals surface area (Å²) < 4.78 is 0. The molecule has 2 saturated heterocycles. The van der Waals surface area contributed by atoms with Gasteiger partial charge in [-0.2, -0.15) is 0 Å². The molecule has 1 saturated carbocycles. The lowest BCUT2D eigenvalue weighted by atomic mass is 9.65. The van der Waals surface area contributed by atoms with Gasteiger partial charge in [0.2, 0.25) is 5.91 Å². The highest BCUT2D eigenvalue weighted by Crippen LogP contribution is 2.45. The summed E-state index contributed by atoms with van der Waals surface area (Å²) in [5.41, 5.74) is -0.547. The van der Waals surface area contributed by atoms with Gasteiger partial charge in [0.1, 0.15) is 12.1 Å². The number of hydrogen-bond donors (Lipinski definition) is 3. The van der Waals surface area contributed by atoms with Crippen molar-refractivity contribution < 1.29 is 14.4 Å². The maximum Gasteiger partial charge on any atom is 0.325 e. The molecule has 4 amide bonds. The van der Waals surface area contributed by atoms with Gasteiger partial charge in [-0.15, -0.1) is 12.4 Å². The van der Waals surface area contributed by atoms with Gasteiger partial charge < -0.3 is 16.0 Å². The maximum atomic E-state index is 13.0. The van der Waals surface area contributed by atoms with Crippen LogP contribution in [0.3, 0.4) is 0 Å². The van der Waals surface area contributed by atoms with Crippen LogP contribution in [0.15, 0.2) is 0 Å². The average Bonchev–Trinajstić information content (AvgIpc) is 3.25. The van der Waals surface area contributed by atoms with Gasteiger partial charge in [-0.3, -0.25) is 14.5 Å². The van der Waals surface area contributed by atoms with Gasteiger partial charge in [-0.1, -0.05) is 27.2 Å². The van der Waals surface area contributed by atoms with Crippen LogP contribution in [0.5, 0.6) is 0 Å². The maximum absolute atomic E-state index is 13.0. The summed E-state index contributed by atoms with van der Waals surface area (Å²) in [6.07, 6.45) is 6.37. The quantitative estimate of drug-likeness (QED) is 0.543. The SMILES string of the molecule is CCC(C)(C)C1CCC2(CC1)NC(=O)N(CC(=O)NCCC1CCNC1)C2=O.Cl. The number of rotatable bonds is 7. The van der Waals surface area contributed by atoms with Crippen molar-refractivity contribution in [3.05, 3.63) is 0 Å². The minimum absolute atomic E-state index is 0. The van der Waals surface area contributed by atoms with Gasteiger partial charge >= 0.3 is 6.03 Å². The van der Waals surface area contributed by atoms with E-state index < -0.39 is 11.6 Å². The Kier molecular flexibility index (Phi) is 7.96. The largest absolute Gasteiger partial charge is 0.355 e. The number of imide groups is 1. The van der Waals surface area contributed by atoms with Gasteiger partial charge in [0.05, 0.1) is 0 Å². The Morgan fingerprint density at radius 3 is 2.52 bits per heavy atom. The highest BCUT2D eigenvalue weighted by molar-refractivity contribution is 6.09. The van der Waals surface area contributed by atoms with Gasteiger partial charge in [-0.25, -0.2) is 4.79 Å². The van der Waals surface area contributed by atoms with Crippen molar-refractivity contribution >= 4 is 30.3 Å². The first-order chi connectivity index (χ1) is 13.3. The van der Waals surface area contributed by atoms with Gasteiger partial charge in [-0.05, 0) is 68.9 Å². The number of nitrogens with one attached hydrogen (secondary N) is 3. The lowest BCUT2D eigenvalue weighted by molar-refractivity contribution is -0.136. The summed E-state index contributed by atoms with van der Waals surface area (Å²) in [6, 6.07) is -0.423. The van der Waals surface area contributed by atoms with E-state index in [9.17, 15) is 14.4 Å². The van der Waals surface area contributed by atoms with Crippen LogP contribution in [-0.4, -0.2) is 54.5 Å². The monoisotopic (exact) mass is 428 g/mol. The molecule has 29 heavy (non-hydrogen) atoms. The van der Waals surface area contributed by atoms with Crippen LogP contribution < -0.4 is 16.0 Å². The predicted octanol–water partition coefficient (Wildman–Crippen LogP) is 2.44. The number of carbonyl (C=O) groups excluding carboxylic acids is 3. The zero-order valence-corrected chi connectivity index (χ0v) is 18.8. The average molecular weight is 429 g/mol. The number of nitrogens with zero attached hydrogens (tertiary/aromatic N) is 1. The molecule has 8 heteroatoms. The van der Waals surface area contributed by atoms with Crippen molar-refractivity contribution in [2.24, 2.45) is 17.3 Å². The second-order valence-corrected chi connectivity index (χ2v) is 9.52. The van der Waals surface area contributed by atoms with Crippen molar-refractivity contribution in [2.75, 3.05) is 26.2 Å². The standard InChI is InChI=1S/C21H36N4O3.ClH/c1-4-20(2,3)16-5-9-21(10-6-16)18(27)25(19(28)24-21)14-17(26)23-12-8-15-7-11-22-13-15;/h15-16,22H,4-14H2,1-3H3,(H,23,26)(H,24,28);1H. The molecular weight excluding hydrogens is 392 g/mol. The van der Waals surface area contributed by atoms with Crippen LogP contribution in [0.4, 0.5) is 4.79 Å². The molecule has 1 aliphatic carbocycles. The molecule has 3 aliphatic rings. The van der Waals surface area contributed by atoms with Gasteiger partial charge in [0.25, 0.3) is 5.91 Å². The minimum atomic E-state index is -0.798. The third kappa shape index (κ3) is 5.23. The van der Waals surface area contributed by atoms with E-state index in [1.807, 2.05) is 0 Å². The number of halogens is 1. The molecule has 166 valence electrons. The van der Waals surface area contributed by atoms with Crippen molar-refractivity contribution in [3.8, 4) is 0 Å². The number of urea groups is 1. The molecule has 2 heterocycles. The minimum Gasteiger partial charge on any atom is -0.355 e. The number of carbonyl (C=O) groups is 3. The third-order valence-electron chi connectivity index (χ3n) is 7.44. The Hall–Kier alpha value is -1.34. The zero-order valence-electron chi connectivity index (χ0n) is 18.0. The topological polar surface area (TPSA) is 90.5 Å². The normalized spacial score (nSPS) is 29.7. The Morgan fingerprint density at radius 1 is 1.24 bits per heavy atom. The predicted molar refractivity (Wildman–Crippen MR) is 115 cm³/mol. The molecule has 0 aromatic carbocycles. The van der Waals surface area contributed by atoms with Crippen molar-refractivity contribution in [3.63, 3.8) is 0 Å². The molecule has 3 N–H and O–H groups in total. The molecule has 0 aromatic rings. The molecule has 1 spiro atoms. The third-order valence-corrected chi connectivity index (χ3v) is 7.44. The van der Waals surface area contributed by atoms with Crippen LogP contribution in [0, 0.1) is 17.3 Å². The van der Waals surface area contributed by atoms with Crippen molar-refractivity contribution in [1.29, 1.82) is 0 Å². The first-order valence-electron chi connectivity index (χ1n) is 10.9. The lowest BCUT2D eigenvalue weighted by Gasteiger charge is -2.42. The summed E-state index contributed by atoms with van der Waals surface area (Å²) in [6.45, 7) is 9.22. The van der Waals surface area contributed by atoms with Gasteiger partial charge in [0, 0.05) is 6.54 Å². The second-order valence-electron chi connectivity index (χ2n) is 9.52. The molecule has 3 rings (SSSR count).